The third-order valence-corrected chi connectivity index (χ3v) is 10.3. The summed E-state index contributed by atoms with van der Waals surface area (Å²) in [6, 6.07) is 23.7. The first-order valence-electron chi connectivity index (χ1n) is 13.4. The van der Waals surface area contributed by atoms with Crippen molar-refractivity contribution in [3.8, 4) is 0 Å². The van der Waals surface area contributed by atoms with Crippen molar-refractivity contribution in [1.82, 2.24) is 4.57 Å². The van der Waals surface area contributed by atoms with Crippen LogP contribution < -0.4 is 0 Å². The first-order chi connectivity index (χ1) is 18.0. The first kappa shape index (κ1) is 24.9. The van der Waals surface area contributed by atoms with Crippen molar-refractivity contribution in [3.05, 3.63) is 93.7 Å². The Balaban J connectivity index is 1.46. The number of ketones is 1. The molecule has 0 bridgehead atoms. The smallest absolute Gasteiger partial charge is 0.209 e. The second kappa shape index (κ2) is 8.57. The highest BCUT2D eigenvalue weighted by molar-refractivity contribution is 8.08. The molecule has 0 N–H and O–H groups in total. The number of allylic oxidation sites excluding steroid dienone is 3. The fourth-order valence-corrected chi connectivity index (χ4v) is 7.72. The van der Waals surface area contributed by atoms with Crippen LogP contribution in [0.5, 0.6) is 0 Å². The summed E-state index contributed by atoms with van der Waals surface area (Å²) in [7, 11) is 4.26. The molecule has 2 aliphatic heterocycles. The Hall–Kier alpha value is -3.37. The number of para-hydroxylation sites is 2. The number of rotatable bonds is 3. The molecule has 1 unspecified atom stereocenters. The third kappa shape index (κ3) is 3.42. The van der Waals surface area contributed by atoms with E-state index in [-0.39, 0.29) is 17.1 Å². The SMILES string of the molecule is CC(C)C1(C)C(=O)C(=Cc2ccc3c(c2)c2ccccc2n3C)SC1=CC1=[N+](C)c2ccccc2C1(C)C. The zero-order valence-electron chi connectivity index (χ0n) is 23.3. The molecule has 0 spiro atoms. The van der Waals surface area contributed by atoms with Gasteiger partial charge >= 0.3 is 0 Å². The molecule has 1 aromatic heterocycles. The third-order valence-electron chi connectivity index (χ3n) is 9.03. The molecule has 3 heterocycles. The number of thioether (sulfide) groups is 1. The van der Waals surface area contributed by atoms with Crippen molar-refractivity contribution in [2.45, 2.75) is 40.0 Å². The Kier molecular flexibility index (Phi) is 5.63. The normalized spacial score (nSPS) is 23.1. The van der Waals surface area contributed by atoms with Crippen LogP contribution in [0.4, 0.5) is 5.69 Å². The molecule has 6 rings (SSSR count). The van der Waals surface area contributed by atoms with Crippen molar-refractivity contribution in [2.75, 3.05) is 7.05 Å². The van der Waals surface area contributed by atoms with E-state index in [1.165, 1.54) is 38.8 Å². The Labute approximate surface area is 229 Å². The van der Waals surface area contributed by atoms with E-state index in [4.69, 9.17) is 0 Å². The predicted molar refractivity (Wildman–Crippen MR) is 162 cm³/mol. The zero-order chi connectivity index (χ0) is 27.0. The minimum atomic E-state index is -0.557. The van der Waals surface area contributed by atoms with Crippen LogP contribution in [0.3, 0.4) is 0 Å². The standard InChI is InChI=1S/C34H35N2OS/c1-21(2)34(5)31(20-30-33(3,4)25-13-9-11-15-28(25)36(30)7)38-29(32(34)37)19-22-16-17-27-24(18-22)23-12-8-10-14-26(23)35(27)6/h8-21H,1-7H3/q+1. The van der Waals surface area contributed by atoms with Gasteiger partial charge in [0.05, 0.1) is 15.7 Å². The first-order valence-corrected chi connectivity index (χ1v) is 14.2. The maximum Gasteiger partial charge on any atom is 0.209 e. The molecule has 0 radical (unpaired) electrons. The monoisotopic (exact) mass is 519 g/mol. The average molecular weight is 520 g/mol. The van der Waals surface area contributed by atoms with Crippen molar-refractivity contribution < 1.29 is 9.37 Å². The summed E-state index contributed by atoms with van der Waals surface area (Å²) < 4.78 is 4.53. The van der Waals surface area contributed by atoms with Gasteiger partial charge in [0.25, 0.3) is 0 Å². The minimum absolute atomic E-state index is 0.133. The number of aromatic nitrogens is 1. The number of nitrogens with zero attached hydrogens (tertiary/aromatic N) is 2. The van der Waals surface area contributed by atoms with Crippen LogP contribution in [0.15, 0.2) is 82.6 Å². The molecule has 192 valence electrons. The van der Waals surface area contributed by atoms with Gasteiger partial charge in [0.2, 0.25) is 5.69 Å². The number of Topliss-reactive ketones (excluding diaryl/α,β-unsaturated/α-hetero) is 1. The summed E-state index contributed by atoms with van der Waals surface area (Å²) in [6.45, 7) is 11.0. The van der Waals surface area contributed by atoms with E-state index >= 15 is 0 Å². The lowest BCUT2D eigenvalue weighted by Gasteiger charge is -2.28. The van der Waals surface area contributed by atoms with Crippen LogP contribution in [-0.4, -0.2) is 27.7 Å². The number of hydrogen-bond acceptors (Lipinski definition) is 2. The largest absolute Gasteiger partial charge is 0.344 e. The van der Waals surface area contributed by atoms with Crippen LogP contribution in [0, 0.1) is 11.3 Å². The molecular weight excluding hydrogens is 484 g/mol. The maximum atomic E-state index is 14.0. The van der Waals surface area contributed by atoms with Gasteiger partial charge in [-0.25, -0.2) is 0 Å². The Morgan fingerprint density at radius 1 is 0.895 bits per heavy atom. The molecule has 1 atom stereocenters. The molecule has 1 fully saturated rings. The van der Waals surface area contributed by atoms with Crippen LogP contribution in [0.2, 0.25) is 0 Å². The average Bonchev–Trinajstić information content (AvgIpc) is 3.40. The molecule has 0 saturated carbocycles. The number of carbonyl (C=O) groups is 1. The second-order valence-corrected chi connectivity index (χ2v) is 12.8. The van der Waals surface area contributed by atoms with Gasteiger partial charge in [-0.3, -0.25) is 4.79 Å². The van der Waals surface area contributed by atoms with E-state index in [0.717, 1.165) is 15.4 Å². The van der Waals surface area contributed by atoms with E-state index in [9.17, 15) is 4.79 Å². The molecule has 1 saturated heterocycles. The van der Waals surface area contributed by atoms with Crippen LogP contribution in [0.1, 0.15) is 45.7 Å². The highest BCUT2D eigenvalue weighted by atomic mass is 32.2. The van der Waals surface area contributed by atoms with E-state index in [0.29, 0.717) is 0 Å². The molecule has 3 nitrogen and oxygen atoms in total. The molecule has 4 aromatic rings. The van der Waals surface area contributed by atoms with Gasteiger partial charge in [0.1, 0.15) is 7.05 Å². The van der Waals surface area contributed by atoms with Crippen molar-refractivity contribution >= 4 is 56.8 Å². The van der Waals surface area contributed by atoms with Gasteiger partial charge < -0.3 is 4.57 Å². The molecule has 38 heavy (non-hydrogen) atoms. The highest BCUT2D eigenvalue weighted by Crippen LogP contribution is 2.55. The van der Waals surface area contributed by atoms with Crippen LogP contribution in [-0.2, 0) is 17.3 Å². The summed E-state index contributed by atoms with van der Waals surface area (Å²) >= 11 is 1.65. The zero-order valence-corrected chi connectivity index (χ0v) is 24.1. The molecule has 0 amide bonds. The summed E-state index contributed by atoms with van der Waals surface area (Å²) in [5, 5.41) is 2.46. The van der Waals surface area contributed by atoms with E-state index in [1.54, 1.807) is 11.8 Å². The predicted octanol–water partition coefficient (Wildman–Crippen LogP) is 8.24. The van der Waals surface area contributed by atoms with Gasteiger partial charge in [-0.2, -0.15) is 4.58 Å². The lowest BCUT2D eigenvalue weighted by molar-refractivity contribution is -0.401. The van der Waals surface area contributed by atoms with Gasteiger partial charge in [-0.15, -0.1) is 0 Å². The van der Waals surface area contributed by atoms with Crippen LogP contribution in [0.25, 0.3) is 27.9 Å². The number of carbonyl (C=O) groups excluding carboxylic acids is 1. The number of benzene rings is 3. The Bertz CT molecular complexity index is 1750. The number of aryl methyl sites for hydroxylation is 1. The fraction of sp³-hybridized carbons (Fsp3) is 0.294. The summed E-state index contributed by atoms with van der Waals surface area (Å²) in [4.78, 5) is 16.0. The lowest BCUT2D eigenvalue weighted by Crippen LogP contribution is -2.32. The van der Waals surface area contributed by atoms with E-state index < -0.39 is 5.41 Å². The molecule has 3 aromatic carbocycles. The molecule has 4 heteroatoms. The van der Waals surface area contributed by atoms with Gasteiger partial charge in [0, 0.05) is 51.5 Å². The second-order valence-electron chi connectivity index (χ2n) is 11.7. The van der Waals surface area contributed by atoms with Crippen molar-refractivity contribution in [2.24, 2.45) is 18.4 Å². The molecular formula is C34H35N2OS+. The summed E-state index contributed by atoms with van der Waals surface area (Å²) in [6.07, 6.45) is 4.40. The summed E-state index contributed by atoms with van der Waals surface area (Å²) in [5.41, 5.74) is 6.60. The van der Waals surface area contributed by atoms with Crippen molar-refractivity contribution in [3.63, 3.8) is 0 Å². The molecule has 0 aliphatic carbocycles. The summed E-state index contributed by atoms with van der Waals surface area (Å²) in [5.74, 6) is 0.399. The quantitative estimate of drug-likeness (QED) is 0.201. The van der Waals surface area contributed by atoms with Crippen LogP contribution >= 0.6 is 11.8 Å². The molecule has 2 aliphatic rings. The lowest BCUT2D eigenvalue weighted by atomic mass is 9.73. The van der Waals surface area contributed by atoms with Gasteiger partial charge in [0.15, 0.2) is 11.5 Å². The fourth-order valence-electron chi connectivity index (χ4n) is 6.27. The Morgan fingerprint density at radius 3 is 2.32 bits per heavy atom. The van der Waals surface area contributed by atoms with Gasteiger partial charge in [-0.1, -0.05) is 68.1 Å². The van der Waals surface area contributed by atoms with E-state index in [1.807, 2.05) is 0 Å². The van der Waals surface area contributed by atoms with E-state index in [2.05, 4.69) is 137 Å². The highest BCUT2D eigenvalue weighted by Gasteiger charge is 2.50. The van der Waals surface area contributed by atoms with Gasteiger partial charge in [-0.05, 0) is 56.5 Å². The maximum absolute atomic E-state index is 14.0. The Morgan fingerprint density at radius 2 is 1.58 bits per heavy atom. The number of hydrogen-bond donors (Lipinski definition) is 0. The minimum Gasteiger partial charge on any atom is -0.344 e. The topological polar surface area (TPSA) is 25.0 Å². The number of fused-ring (bicyclic) bond motifs is 4. The van der Waals surface area contributed by atoms with Crippen molar-refractivity contribution in [1.29, 1.82) is 0 Å².